The van der Waals surface area contributed by atoms with E-state index in [1.165, 1.54) is 46.3 Å². The van der Waals surface area contributed by atoms with Gasteiger partial charge in [-0.2, -0.15) is 0 Å². The molecule has 0 aliphatic rings. The first-order valence-electron chi connectivity index (χ1n) is 6.88. The molecule has 1 rings (SSSR count). The van der Waals surface area contributed by atoms with Gasteiger partial charge in [0, 0.05) is 10.4 Å². The fourth-order valence-electron chi connectivity index (χ4n) is 1.99. The zero-order valence-electron chi connectivity index (χ0n) is 12.1. The van der Waals surface area contributed by atoms with E-state index < -0.39 is 0 Å². The topological polar surface area (TPSA) is 12.0 Å². The van der Waals surface area contributed by atoms with Gasteiger partial charge >= 0.3 is 0 Å². The number of nitrogens with one attached hydrogen (secondary N) is 1. The lowest BCUT2D eigenvalue weighted by Gasteiger charge is -2.20. The Morgan fingerprint density at radius 1 is 1.17 bits per heavy atom. The van der Waals surface area contributed by atoms with Crippen molar-refractivity contribution >= 4 is 27.3 Å². The molecule has 1 aromatic heterocycles. The van der Waals surface area contributed by atoms with E-state index in [0.29, 0.717) is 0 Å². The molecular formula is C15H26BrNS. The third kappa shape index (κ3) is 6.91. The normalized spacial score (nSPS) is 12.1. The van der Waals surface area contributed by atoms with Crippen LogP contribution in [0.5, 0.6) is 0 Å². The van der Waals surface area contributed by atoms with Crippen LogP contribution in [0, 0.1) is 6.92 Å². The van der Waals surface area contributed by atoms with E-state index >= 15 is 0 Å². The van der Waals surface area contributed by atoms with Gasteiger partial charge in [0.15, 0.2) is 0 Å². The Kier molecular flexibility index (Phi) is 6.89. The van der Waals surface area contributed by atoms with Gasteiger partial charge in [0.1, 0.15) is 0 Å². The van der Waals surface area contributed by atoms with Crippen molar-refractivity contribution in [2.24, 2.45) is 0 Å². The molecule has 0 spiro atoms. The average molecular weight is 332 g/mol. The van der Waals surface area contributed by atoms with Crippen LogP contribution in [0.15, 0.2) is 9.85 Å². The minimum absolute atomic E-state index is 0.264. The molecule has 0 amide bonds. The summed E-state index contributed by atoms with van der Waals surface area (Å²) in [4.78, 5) is 1.47. The van der Waals surface area contributed by atoms with Crippen molar-refractivity contribution in [3.63, 3.8) is 0 Å². The number of thiophene rings is 1. The maximum Gasteiger partial charge on any atom is 0.0704 e. The lowest BCUT2D eigenvalue weighted by molar-refractivity contribution is 0.416. The molecule has 0 saturated heterocycles. The van der Waals surface area contributed by atoms with Crippen molar-refractivity contribution in [2.75, 3.05) is 6.54 Å². The van der Waals surface area contributed by atoms with Gasteiger partial charge in [0.05, 0.1) is 3.79 Å². The second kappa shape index (κ2) is 7.66. The molecule has 18 heavy (non-hydrogen) atoms. The molecule has 104 valence electrons. The Labute approximate surface area is 125 Å². The van der Waals surface area contributed by atoms with Crippen LogP contribution in [0.3, 0.4) is 0 Å². The van der Waals surface area contributed by atoms with Gasteiger partial charge in [-0.15, -0.1) is 11.3 Å². The smallest absolute Gasteiger partial charge is 0.0704 e. The molecular weight excluding hydrogens is 306 g/mol. The summed E-state index contributed by atoms with van der Waals surface area (Å²) in [7, 11) is 0. The van der Waals surface area contributed by atoms with Crippen molar-refractivity contribution in [2.45, 2.75) is 65.3 Å². The number of hydrogen-bond donors (Lipinski definition) is 1. The number of unbranched alkanes of at least 4 members (excludes halogenated alkanes) is 3. The summed E-state index contributed by atoms with van der Waals surface area (Å²) < 4.78 is 1.27. The third-order valence-corrected chi connectivity index (χ3v) is 4.61. The predicted molar refractivity (Wildman–Crippen MR) is 86.7 cm³/mol. The third-order valence-electron chi connectivity index (χ3n) is 3.02. The minimum Gasteiger partial charge on any atom is -0.312 e. The van der Waals surface area contributed by atoms with Crippen LogP contribution >= 0.6 is 27.3 Å². The monoisotopic (exact) mass is 331 g/mol. The number of rotatable bonds is 7. The highest BCUT2D eigenvalue weighted by Gasteiger charge is 2.07. The Morgan fingerprint density at radius 3 is 2.39 bits per heavy atom. The van der Waals surface area contributed by atoms with E-state index in [1.807, 2.05) is 11.3 Å². The molecule has 1 N–H and O–H groups in total. The van der Waals surface area contributed by atoms with Crippen LogP contribution in [0.4, 0.5) is 0 Å². The average Bonchev–Trinajstić information content (AvgIpc) is 2.54. The second-order valence-electron chi connectivity index (χ2n) is 5.97. The fraction of sp³-hybridized carbons (Fsp3) is 0.733. The van der Waals surface area contributed by atoms with E-state index in [1.54, 1.807) is 0 Å². The molecule has 3 heteroatoms. The standard InChI is InChI=1S/C15H26BrNS/c1-12-13(11-14(16)18-12)9-7-5-6-8-10-17-15(2,3)4/h11,17H,5-10H2,1-4H3. The zero-order chi connectivity index (χ0) is 13.6. The first kappa shape index (κ1) is 16.2. The molecule has 0 aromatic carbocycles. The van der Waals surface area contributed by atoms with E-state index in [4.69, 9.17) is 0 Å². The molecule has 0 unspecified atom stereocenters. The maximum atomic E-state index is 3.55. The van der Waals surface area contributed by atoms with Gasteiger partial charge in [-0.05, 0) is 81.1 Å². The van der Waals surface area contributed by atoms with Gasteiger partial charge in [0.2, 0.25) is 0 Å². The molecule has 0 fully saturated rings. The fourth-order valence-corrected chi connectivity index (χ4v) is 3.78. The first-order chi connectivity index (χ1) is 8.38. The molecule has 0 aliphatic carbocycles. The summed E-state index contributed by atoms with van der Waals surface area (Å²) in [5, 5.41) is 3.54. The van der Waals surface area contributed by atoms with Gasteiger partial charge in [-0.1, -0.05) is 12.8 Å². The van der Waals surface area contributed by atoms with E-state index in [0.717, 1.165) is 6.54 Å². The Hall–Kier alpha value is 0.140. The van der Waals surface area contributed by atoms with Crippen molar-refractivity contribution in [1.29, 1.82) is 0 Å². The summed E-state index contributed by atoms with van der Waals surface area (Å²) >= 11 is 5.41. The molecule has 0 saturated carbocycles. The summed E-state index contributed by atoms with van der Waals surface area (Å²) in [5.41, 5.74) is 1.79. The second-order valence-corrected chi connectivity index (χ2v) is 8.61. The first-order valence-corrected chi connectivity index (χ1v) is 8.49. The number of aryl methyl sites for hydroxylation is 2. The quantitative estimate of drug-likeness (QED) is 0.667. The van der Waals surface area contributed by atoms with Gasteiger partial charge in [0.25, 0.3) is 0 Å². The SMILES string of the molecule is Cc1sc(Br)cc1CCCCCCNC(C)(C)C. The molecule has 1 heterocycles. The van der Waals surface area contributed by atoms with E-state index in [-0.39, 0.29) is 5.54 Å². The van der Waals surface area contributed by atoms with Crippen LogP contribution in [0.2, 0.25) is 0 Å². The molecule has 1 nitrogen and oxygen atoms in total. The summed E-state index contributed by atoms with van der Waals surface area (Å²) in [5.74, 6) is 0. The highest BCUT2D eigenvalue weighted by atomic mass is 79.9. The Bertz CT molecular complexity index is 352. The predicted octanol–water partition coefficient (Wildman–Crippen LogP) is 5.31. The lowest BCUT2D eigenvalue weighted by atomic mass is 10.1. The molecule has 0 radical (unpaired) electrons. The largest absolute Gasteiger partial charge is 0.312 e. The minimum atomic E-state index is 0.264. The van der Waals surface area contributed by atoms with Crippen LogP contribution in [-0.4, -0.2) is 12.1 Å². The van der Waals surface area contributed by atoms with Crippen LogP contribution < -0.4 is 5.32 Å². The van der Waals surface area contributed by atoms with Crippen molar-refractivity contribution in [1.82, 2.24) is 5.32 Å². The van der Waals surface area contributed by atoms with Crippen LogP contribution in [0.25, 0.3) is 0 Å². The summed E-state index contributed by atoms with van der Waals surface area (Å²) in [6.07, 6.45) is 6.54. The van der Waals surface area contributed by atoms with Crippen molar-refractivity contribution < 1.29 is 0 Å². The zero-order valence-corrected chi connectivity index (χ0v) is 14.5. The maximum absolute atomic E-state index is 3.55. The molecule has 0 aliphatic heterocycles. The Morgan fingerprint density at radius 2 is 1.83 bits per heavy atom. The molecule has 1 aromatic rings. The van der Waals surface area contributed by atoms with Crippen LogP contribution in [-0.2, 0) is 6.42 Å². The van der Waals surface area contributed by atoms with Gasteiger partial charge in [-0.3, -0.25) is 0 Å². The summed E-state index contributed by atoms with van der Waals surface area (Å²) in [6.45, 7) is 10.0. The Balaban J connectivity index is 2.04. The molecule has 0 bridgehead atoms. The van der Waals surface area contributed by atoms with Gasteiger partial charge in [-0.25, -0.2) is 0 Å². The highest BCUT2D eigenvalue weighted by molar-refractivity contribution is 9.11. The highest BCUT2D eigenvalue weighted by Crippen LogP contribution is 2.27. The molecule has 0 atom stereocenters. The number of hydrogen-bond acceptors (Lipinski definition) is 2. The van der Waals surface area contributed by atoms with E-state index in [9.17, 15) is 0 Å². The van der Waals surface area contributed by atoms with Crippen LogP contribution in [0.1, 0.15) is 56.9 Å². The van der Waals surface area contributed by atoms with Crippen molar-refractivity contribution in [3.8, 4) is 0 Å². The number of halogens is 1. The van der Waals surface area contributed by atoms with Crippen molar-refractivity contribution in [3.05, 3.63) is 20.3 Å². The van der Waals surface area contributed by atoms with Gasteiger partial charge < -0.3 is 5.32 Å². The lowest BCUT2D eigenvalue weighted by Crippen LogP contribution is -2.36. The van der Waals surface area contributed by atoms with E-state index in [2.05, 4.69) is 55.0 Å². The summed E-state index contributed by atoms with van der Waals surface area (Å²) in [6, 6.07) is 2.28.